The molecule has 2 unspecified atom stereocenters. The Morgan fingerprint density at radius 1 is 1.44 bits per heavy atom. The molecule has 0 aliphatic rings. The van der Waals surface area contributed by atoms with E-state index in [4.69, 9.17) is 10.5 Å². The third-order valence-electron chi connectivity index (χ3n) is 2.93. The molecular weight excluding hydrogens is 204 g/mol. The van der Waals surface area contributed by atoms with Crippen molar-refractivity contribution in [2.45, 2.75) is 52.2 Å². The first-order valence-electron chi connectivity index (χ1n) is 6.15. The summed E-state index contributed by atoms with van der Waals surface area (Å²) in [4.78, 5) is 14.0. The van der Waals surface area contributed by atoms with Crippen LogP contribution >= 0.6 is 0 Å². The number of unbranched alkanes of at least 4 members (excludes halogenated alkanes) is 1. The molecular formula is C12H26N2O2. The van der Waals surface area contributed by atoms with Gasteiger partial charge in [0.2, 0.25) is 0 Å². The predicted octanol–water partition coefficient (Wildman–Crippen LogP) is 1.39. The molecule has 4 heteroatoms. The molecule has 0 aliphatic heterocycles. The summed E-state index contributed by atoms with van der Waals surface area (Å²) in [6.07, 6.45) is 2.57. The van der Waals surface area contributed by atoms with Crippen LogP contribution in [0.5, 0.6) is 0 Å². The molecule has 16 heavy (non-hydrogen) atoms. The summed E-state index contributed by atoms with van der Waals surface area (Å²) in [7, 11) is 1.53. The fourth-order valence-corrected chi connectivity index (χ4v) is 1.58. The molecule has 2 atom stereocenters. The number of hydrogen-bond acceptors (Lipinski definition) is 3. The lowest BCUT2D eigenvalue weighted by Gasteiger charge is -2.31. The fraction of sp³-hybridized carbons (Fsp3) is 0.917. The van der Waals surface area contributed by atoms with Gasteiger partial charge >= 0.3 is 0 Å². The van der Waals surface area contributed by atoms with E-state index in [-0.39, 0.29) is 18.5 Å². The van der Waals surface area contributed by atoms with E-state index < -0.39 is 6.10 Å². The highest BCUT2D eigenvalue weighted by molar-refractivity contribution is 5.81. The summed E-state index contributed by atoms with van der Waals surface area (Å²) in [5.41, 5.74) is 5.52. The Morgan fingerprint density at radius 3 is 2.44 bits per heavy atom. The zero-order valence-electron chi connectivity index (χ0n) is 11.0. The lowest BCUT2D eigenvalue weighted by Crippen LogP contribution is -2.47. The monoisotopic (exact) mass is 230 g/mol. The topological polar surface area (TPSA) is 55.6 Å². The Kier molecular flexibility index (Phi) is 8.21. The van der Waals surface area contributed by atoms with Crippen molar-refractivity contribution in [1.29, 1.82) is 0 Å². The number of hydrogen-bond donors (Lipinski definition) is 1. The van der Waals surface area contributed by atoms with Crippen molar-refractivity contribution in [3.8, 4) is 0 Å². The maximum Gasteiger partial charge on any atom is 0.253 e. The van der Waals surface area contributed by atoms with E-state index in [0.717, 1.165) is 25.8 Å². The van der Waals surface area contributed by atoms with Crippen LogP contribution in [0.15, 0.2) is 0 Å². The first-order valence-corrected chi connectivity index (χ1v) is 6.15. The van der Waals surface area contributed by atoms with E-state index in [1.165, 1.54) is 7.11 Å². The molecule has 0 aromatic heterocycles. The Hall–Kier alpha value is -0.610. The molecule has 4 nitrogen and oxygen atoms in total. The fourth-order valence-electron chi connectivity index (χ4n) is 1.58. The summed E-state index contributed by atoms with van der Waals surface area (Å²) in [6.45, 7) is 7.31. The van der Waals surface area contributed by atoms with Gasteiger partial charge in [0, 0.05) is 26.2 Å². The lowest BCUT2D eigenvalue weighted by molar-refractivity contribution is -0.143. The molecule has 0 fully saturated rings. The van der Waals surface area contributed by atoms with Crippen LogP contribution in [0, 0.1) is 0 Å². The molecule has 0 saturated heterocycles. The maximum absolute atomic E-state index is 12.1. The number of ether oxygens (including phenoxy) is 1. The number of rotatable bonds is 8. The highest BCUT2D eigenvalue weighted by Crippen LogP contribution is 2.09. The first kappa shape index (κ1) is 15.4. The van der Waals surface area contributed by atoms with Crippen LogP contribution in [-0.4, -0.2) is 43.2 Å². The maximum atomic E-state index is 12.1. The van der Waals surface area contributed by atoms with E-state index >= 15 is 0 Å². The Morgan fingerprint density at radius 2 is 2.06 bits per heavy atom. The quantitative estimate of drug-likeness (QED) is 0.685. The van der Waals surface area contributed by atoms with Crippen molar-refractivity contribution in [3.05, 3.63) is 0 Å². The van der Waals surface area contributed by atoms with E-state index in [0.29, 0.717) is 0 Å². The predicted molar refractivity (Wildman–Crippen MR) is 66.2 cm³/mol. The smallest absolute Gasteiger partial charge is 0.253 e. The molecule has 2 N–H and O–H groups in total. The standard InChI is InChI=1S/C12H26N2O2/c1-5-7-8-14(10(3)6-2)12(15)11(9-13)16-4/h10-11H,5-9,13H2,1-4H3. The van der Waals surface area contributed by atoms with E-state index in [2.05, 4.69) is 20.8 Å². The summed E-state index contributed by atoms with van der Waals surface area (Å²) >= 11 is 0. The number of carbonyl (C=O) groups is 1. The van der Waals surface area contributed by atoms with E-state index in [9.17, 15) is 4.79 Å². The number of carbonyl (C=O) groups excluding carboxylic acids is 1. The van der Waals surface area contributed by atoms with Gasteiger partial charge in [0.1, 0.15) is 6.10 Å². The third kappa shape index (κ3) is 4.49. The van der Waals surface area contributed by atoms with Gasteiger partial charge in [-0.15, -0.1) is 0 Å². The number of nitrogens with two attached hydrogens (primary N) is 1. The van der Waals surface area contributed by atoms with Crippen molar-refractivity contribution >= 4 is 5.91 Å². The largest absolute Gasteiger partial charge is 0.370 e. The van der Waals surface area contributed by atoms with Gasteiger partial charge in [-0.05, 0) is 19.8 Å². The lowest BCUT2D eigenvalue weighted by atomic mass is 10.1. The van der Waals surface area contributed by atoms with Gasteiger partial charge in [0.25, 0.3) is 5.91 Å². The second-order valence-electron chi connectivity index (χ2n) is 4.10. The molecule has 1 amide bonds. The molecule has 0 rings (SSSR count). The van der Waals surface area contributed by atoms with E-state index in [1.807, 2.05) is 4.90 Å². The SMILES string of the molecule is CCCCN(C(=O)C(CN)OC)C(C)CC. The molecule has 0 bridgehead atoms. The van der Waals surface area contributed by atoms with Gasteiger partial charge in [-0.3, -0.25) is 4.79 Å². The third-order valence-corrected chi connectivity index (χ3v) is 2.93. The molecule has 96 valence electrons. The van der Waals surface area contributed by atoms with Crippen molar-refractivity contribution in [2.75, 3.05) is 20.2 Å². The van der Waals surface area contributed by atoms with Crippen LogP contribution in [0.2, 0.25) is 0 Å². The van der Waals surface area contributed by atoms with E-state index in [1.54, 1.807) is 0 Å². The van der Waals surface area contributed by atoms with Crippen LogP contribution in [-0.2, 0) is 9.53 Å². The van der Waals surface area contributed by atoms with Gasteiger partial charge in [-0.25, -0.2) is 0 Å². The van der Waals surface area contributed by atoms with Crippen LogP contribution < -0.4 is 5.73 Å². The van der Waals surface area contributed by atoms with Crippen molar-refractivity contribution in [3.63, 3.8) is 0 Å². The highest BCUT2D eigenvalue weighted by Gasteiger charge is 2.25. The number of amides is 1. The Balaban J connectivity index is 4.53. The molecule has 0 aliphatic carbocycles. The highest BCUT2D eigenvalue weighted by atomic mass is 16.5. The molecule has 0 saturated carbocycles. The van der Waals surface area contributed by atoms with Crippen LogP contribution in [0.3, 0.4) is 0 Å². The van der Waals surface area contributed by atoms with Gasteiger partial charge in [-0.2, -0.15) is 0 Å². The zero-order valence-corrected chi connectivity index (χ0v) is 11.0. The van der Waals surface area contributed by atoms with Crippen molar-refractivity contribution < 1.29 is 9.53 Å². The first-order chi connectivity index (χ1) is 7.62. The van der Waals surface area contributed by atoms with Crippen molar-refractivity contribution in [1.82, 2.24) is 4.90 Å². The minimum atomic E-state index is -0.495. The molecule has 0 spiro atoms. The normalized spacial score (nSPS) is 14.6. The Bertz CT molecular complexity index is 193. The van der Waals surface area contributed by atoms with Gasteiger partial charge in [0.05, 0.1) is 0 Å². The minimum absolute atomic E-state index is 0.0211. The van der Waals surface area contributed by atoms with Crippen LogP contribution in [0.25, 0.3) is 0 Å². The summed E-state index contributed by atoms with van der Waals surface area (Å²) < 4.78 is 5.10. The average Bonchev–Trinajstić information content (AvgIpc) is 2.30. The minimum Gasteiger partial charge on any atom is -0.370 e. The van der Waals surface area contributed by atoms with Gasteiger partial charge < -0.3 is 15.4 Å². The molecule has 0 aromatic carbocycles. The number of methoxy groups -OCH3 is 1. The molecule has 0 heterocycles. The second-order valence-corrected chi connectivity index (χ2v) is 4.10. The second kappa shape index (κ2) is 8.53. The zero-order chi connectivity index (χ0) is 12.6. The summed E-state index contributed by atoms with van der Waals surface area (Å²) in [5.74, 6) is 0.0211. The summed E-state index contributed by atoms with van der Waals surface area (Å²) in [6, 6.07) is 0.253. The molecule has 0 aromatic rings. The van der Waals surface area contributed by atoms with Gasteiger partial charge in [0.15, 0.2) is 0 Å². The summed E-state index contributed by atoms with van der Waals surface area (Å²) in [5, 5.41) is 0. The Labute approximate surface area is 99.1 Å². The molecule has 0 radical (unpaired) electrons. The van der Waals surface area contributed by atoms with Crippen molar-refractivity contribution in [2.24, 2.45) is 5.73 Å². The van der Waals surface area contributed by atoms with Gasteiger partial charge in [-0.1, -0.05) is 20.3 Å². The van der Waals surface area contributed by atoms with Crippen LogP contribution in [0.4, 0.5) is 0 Å². The average molecular weight is 230 g/mol. The number of nitrogens with zero attached hydrogens (tertiary/aromatic N) is 1. The van der Waals surface area contributed by atoms with Crippen LogP contribution in [0.1, 0.15) is 40.0 Å².